The molecule has 1 aromatic rings. The second-order valence-corrected chi connectivity index (χ2v) is 5.24. The fraction of sp³-hybridized carbons (Fsp3) is 0.500. The molecule has 5 heteroatoms. The molecule has 0 aliphatic carbocycles. The average molecular weight is 263 g/mol. The predicted molar refractivity (Wildman–Crippen MR) is 68.0 cm³/mol. The van der Waals surface area contributed by atoms with Crippen LogP contribution in [0.2, 0.25) is 0 Å². The van der Waals surface area contributed by atoms with E-state index in [1.165, 1.54) is 10.5 Å². The third kappa shape index (κ3) is 2.26. The molecular formula is C14H17NO4. The summed E-state index contributed by atoms with van der Waals surface area (Å²) in [4.78, 5) is 16.5. The topological polar surface area (TPSA) is 59.0 Å². The Labute approximate surface area is 111 Å². The lowest BCUT2D eigenvalue weighted by Gasteiger charge is -2.44. The molecule has 0 bridgehead atoms. The number of aryl methyl sites for hydroxylation is 1. The van der Waals surface area contributed by atoms with Crippen molar-refractivity contribution in [2.45, 2.75) is 31.3 Å². The number of hydrogen-bond donors (Lipinski definition) is 1. The number of para-hydroxylation sites is 1. The first-order valence-electron chi connectivity index (χ1n) is 6.60. The normalized spacial score (nSPS) is 20.6. The standard InChI is InChI=1S/C14H17NO4/c16-13(19-17)15-9-7-14(8-10-15)6-5-11-3-1-2-4-12(11)18-14/h1-4,17H,5-10H2. The predicted octanol–water partition coefficient (Wildman–Crippen LogP) is 2.46. The molecule has 0 radical (unpaired) electrons. The van der Waals surface area contributed by atoms with Crippen molar-refractivity contribution >= 4 is 6.09 Å². The molecule has 2 aliphatic rings. The molecule has 102 valence electrons. The van der Waals surface area contributed by atoms with E-state index in [0.29, 0.717) is 13.1 Å². The summed E-state index contributed by atoms with van der Waals surface area (Å²) in [5, 5.41) is 8.40. The maximum atomic E-state index is 11.2. The van der Waals surface area contributed by atoms with Crippen LogP contribution in [-0.4, -0.2) is 34.9 Å². The first-order valence-corrected chi connectivity index (χ1v) is 6.60. The van der Waals surface area contributed by atoms with E-state index in [2.05, 4.69) is 11.0 Å². The molecule has 0 unspecified atom stereocenters. The van der Waals surface area contributed by atoms with E-state index in [1.807, 2.05) is 18.2 Å². The Kier molecular flexibility index (Phi) is 3.06. The highest BCUT2D eigenvalue weighted by Gasteiger charge is 2.40. The molecule has 2 aliphatic heterocycles. The minimum atomic E-state index is -0.675. The van der Waals surface area contributed by atoms with Gasteiger partial charge in [-0.2, -0.15) is 5.26 Å². The Balaban J connectivity index is 1.70. The van der Waals surface area contributed by atoms with Gasteiger partial charge in [0.15, 0.2) is 0 Å². The molecular weight excluding hydrogens is 246 g/mol. The number of carbonyl (C=O) groups is 1. The van der Waals surface area contributed by atoms with Gasteiger partial charge in [-0.3, -0.25) is 4.89 Å². The Morgan fingerprint density at radius 2 is 2.00 bits per heavy atom. The summed E-state index contributed by atoms with van der Waals surface area (Å²) in [6.45, 7) is 1.11. The number of amides is 1. The van der Waals surface area contributed by atoms with Crippen molar-refractivity contribution < 1.29 is 19.7 Å². The van der Waals surface area contributed by atoms with Crippen LogP contribution < -0.4 is 4.74 Å². The quantitative estimate of drug-likeness (QED) is 0.577. The highest BCUT2D eigenvalue weighted by atomic mass is 17.1. The SMILES string of the molecule is O=C(OO)N1CCC2(CCc3ccccc3O2)CC1. The van der Waals surface area contributed by atoms with E-state index in [9.17, 15) is 4.79 Å². The lowest BCUT2D eigenvalue weighted by atomic mass is 9.83. The van der Waals surface area contributed by atoms with Crippen molar-refractivity contribution in [2.24, 2.45) is 0 Å². The molecule has 0 atom stereocenters. The molecule has 0 aromatic heterocycles. The number of likely N-dealkylation sites (tertiary alicyclic amines) is 1. The smallest absolute Gasteiger partial charge is 0.441 e. The number of fused-ring (bicyclic) bond motifs is 1. The van der Waals surface area contributed by atoms with E-state index in [0.717, 1.165) is 31.4 Å². The average Bonchev–Trinajstić information content (AvgIpc) is 2.47. The van der Waals surface area contributed by atoms with Crippen molar-refractivity contribution in [3.05, 3.63) is 29.8 Å². The lowest BCUT2D eigenvalue weighted by molar-refractivity contribution is -0.190. The number of piperidine rings is 1. The largest absolute Gasteiger partial charge is 0.487 e. The summed E-state index contributed by atoms with van der Waals surface area (Å²) in [6.07, 6.45) is 2.87. The van der Waals surface area contributed by atoms with Gasteiger partial charge in [-0.15, -0.1) is 0 Å². The van der Waals surface area contributed by atoms with E-state index in [4.69, 9.17) is 9.99 Å². The summed E-state index contributed by atoms with van der Waals surface area (Å²) < 4.78 is 6.18. The van der Waals surface area contributed by atoms with Gasteiger partial charge in [-0.05, 0) is 24.5 Å². The van der Waals surface area contributed by atoms with Gasteiger partial charge in [-0.25, -0.2) is 4.79 Å². The number of hydrogen-bond acceptors (Lipinski definition) is 4. The molecule has 1 amide bonds. The van der Waals surface area contributed by atoms with Gasteiger partial charge in [-0.1, -0.05) is 18.2 Å². The zero-order valence-electron chi connectivity index (χ0n) is 10.7. The molecule has 1 spiro atoms. The summed E-state index contributed by atoms with van der Waals surface area (Å²) in [6, 6.07) is 8.11. The fourth-order valence-corrected chi connectivity index (χ4v) is 2.96. The van der Waals surface area contributed by atoms with Crippen LogP contribution in [0.3, 0.4) is 0 Å². The number of ether oxygens (including phenoxy) is 1. The molecule has 3 rings (SSSR count). The van der Waals surface area contributed by atoms with Crippen LogP contribution in [0, 0.1) is 0 Å². The van der Waals surface area contributed by atoms with E-state index in [-0.39, 0.29) is 5.60 Å². The van der Waals surface area contributed by atoms with Gasteiger partial charge >= 0.3 is 6.09 Å². The molecule has 2 heterocycles. The van der Waals surface area contributed by atoms with Crippen LogP contribution >= 0.6 is 0 Å². The number of nitrogens with zero attached hydrogens (tertiary/aromatic N) is 1. The molecule has 0 saturated carbocycles. The lowest BCUT2D eigenvalue weighted by Crippen LogP contribution is -2.51. The van der Waals surface area contributed by atoms with Crippen LogP contribution in [0.15, 0.2) is 24.3 Å². The van der Waals surface area contributed by atoms with Crippen LogP contribution in [0.1, 0.15) is 24.8 Å². The minimum absolute atomic E-state index is 0.166. The molecule has 1 N–H and O–H groups in total. The van der Waals surface area contributed by atoms with Gasteiger partial charge in [0.25, 0.3) is 0 Å². The van der Waals surface area contributed by atoms with Crippen molar-refractivity contribution in [3.63, 3.8) is 0 Å². The van der Waals surface area contributed by atoms with Crippen LogP contribution in [0.4, 0.5) is 4.79 Å². The second-order valence-electron chi connectivity index (χ2n) is 5.24. The monoisotopic (exact) mass is 263 g/mol. The highest BCUT2D eigenvalue weighted by molar-refractivity contribution is 5.66. The van der Waals surface area contributed by atoms with Crippen LogP contribution in [-0.2, 0) is 11.3 Å². The maximum Gasteiger partial charge on any atom is 0.441 e. The summed E-state index contributed by atoms with van der Waals surface area (Å²) in [5.74, 6) is 0.965. The summed E-state index contributed by atoms with van der Waals surface area (Å²) in [5.41, 5.74) is 1.09. The second kappa shape index (κ2) is 4.74. The first-order chi connectivity index (χ1) is 9.22. The number of rotatable bonds is 0. The van der Waals surface area contributed by atoms with Crippen molar-refractivity contribution in [2.75, 3.05) is 13.1 Å². The zero-order valence-corrected chi connectivity index (χ0v) is 10.7. The van der Waals surface area contributed by atoms with Crippen molar-refractivity contribution in [1.82, 2.24) is 4.90 Å². The Bertz CT molecular complexity index is 480. The molecule has 19 heavy (non-hydrogen) atoms. The van der Waals surface area contributed by atoms with Crippen LogP contribution in [0.25, 0.3) is 0 Å². The fourth-order valence-electron chi connectivity index (χ4n) is 2.96. The van der Waals surface area contributed by atoms with Crippen molar-refractivity contribution in [3.8, 4) is 5.75 Å². The molecule has 1 aromatic carbocycles. The Hall–Kier alpha value is -1.75. The van der Waals surface area contributed by atoms with Crippen LogP contribution in [0.5, 0.6) is 5.75 Å². The van der Waals surface area contributed by atoms with Gasteiger partial charge in [0.05, 0.1) is 0 Å². The number of carbonyl (C=O) groups excluding carboxylic acids is 1. The Morgan fingerprint density at radius 1 is 1.26 bits per heavy atom. The molecule has 1 fully saturated rings. The minimum Gasteiger partial charge on any atom is -0.487 e. The first kappa shape index (κ1) is 12.3. The molecule has 5 nitrogen and oxygen atoms in total. The van der Waals surface area contributed by atoms with E-state index in [1.54, 1.807) is 0 Å². The van der Waals surface area contributed by atoms with Gasteiger partial charge < -0.3 is 9.64 Å². The number of benzene rings is 1. The maximum absolute atomic E-state index is 11.2. The van der Waals surface area contributed by atoms with Gasteiger partial charge in [0.1, 0.15) is 11.4 Å². The van der Waals surface area contributed by atoms with E-state index < -0.39 is 6.09 Å². The van der Waals surface area contributed by atoms with E-state index >= 15 is 0 Å². The third-order valence-electron chi connectivity index (χ3n) is 4.16. The summed E-state index contributed by atoms with van der Waals surface area (Å²) in [7, 11) is 0. The third-order valence-corrected chi connectivity index (χ3v) is 4.16. The molecule has 1 saturated heterocycles. The Morgan fingerprint density at radius 3 is 2.74 bits per heavy atom. The van der Waals surface area contributed by atoms with Gasteiger partial charge in [0, 0.05) is 25.9 Å². The zero-order chi connectivity index (χ0) is 13.3. The highest BCUT2D eigenvalue weighted by Crippen LogP contribution is 2.39. The summed E-state index contributed by atoms with van der Waals surface area (Å²) >= 11 is 0. The van der Waals surface area contributed by atoms with Gasteiger partial charge in [0.2, 0.25) is 0 Å². The van der Waals surface area contributed by atoms with Crippen molar-refractivity contribution in [1.29, 1.82) is 0 Å².